The predicted octanol–water partition coefficient (Wildman–Crippen LogP) is 7.76. The molecule has 0 radical (unpaired) electrons. The maximum absolute atomic E-state index is 13.1. The number of esters is 1. The summed E-state index contributed by atoms with van der Waals surface area (Å²) in [6, 6.07) is 11.2. The Labute approximate surface area is 267 Å². The Bertz CT molecular complexity index is 1470. The Morgan fingerprint density at radius 2 is 1.63 bits per heavy atom. The molecular formula is C32H37Cl2N3O5S. The Morgan fingerprint density at radius 3 is 2.26 bits per heavy atom. The second-order valence-corrected chi connectivity index (χ2v) is 13.6. The molecule has 2 aromatic heterocycles. The Hall–Kier alpha value is -3.40. The third kappa shape index (κ3) is 10.7. The van der Waals surface area contributed by atoms with Crippen molar-refractivity contribution in [2.45, 2.75) is 71.6 Å². The Morgan fingerprint density at radius 1 is 1.00 bits per heavy atom. The average molecular weight is 647 g/mol. The van der Waals surface area contributed by atoms with E-state index in [-0.39, 0.29) is 22.0 Å². The zero-order chi connectivity index (χ0) is 31.9. The molecule has 230 valence electrons. The molecule has 0 unspecified atom stereocenters. The highest BCUT2D eigenvalue weighted by atomic mass is 35.5. The molecule has 1 atom stereocenters. The van der Waals surface area contributed by atoms with Crippen molar-refractivity contribution in [3.05, 3.63) is 85.7 Å². The van der Waals surface area contributed by atoms with E-state index in [0.29, 0.717) is 12.2 Å². The van der Waals surface area contributed by atoms with Crippen molar-refractivity contribution in [2.24, 2.45) is 0 Å². The maximum Gasteiger partial charge on any atom is 0.415 e. The van der Waals surface area contributed by atoms with Crippen LogP contribution in [0.3, 0.4) is 0 Å². The topological polar surface area (TPSA) is 97.8 Å². The van der Waals surface area contributed by atoms with E-state index in [2.05, 4.69) is 10.3 Å². The number of carbonyl (C=O) groups excluding carboxylic acids is 3. The lowest BCUT2D eigenvalue weighted by molar-refractivity contribution is -0.157. The van der Waals surface area contributed by atoms with Crippen LogP contribution in [0.15, 0.2) is 53.9 Å². The van der Waals surface area contributed by atoms with Crippen molar-refractivity contribution in [3.8, 4) is 0 Å². The summed E-state index contributed by atoms with van der Waals surface area (Å²) in [5.41, 5.74) is 0.478. The van der Waals surface area contributed by atoms with Crippen LogP contribution in [-0.2, 0) is 27.1 Å². The first kappa shape index (κ1) is 34.1. The summed E-state index contributed by atoms with van der Waals surface area (Å²) in [5, 5.41) is 5.09. The molecule has 0 aliphatic carbocycles. The van der Waals surface area contributed by atoms with Crippen molar-refractivity contribution in [1.82, 2.24) is 10.3 Å². The van der Waals surface area contributed by atoms with Crippen LogP contribution in [0.5, 0.6) is 0 Å². The van der Waals surface area contributed by atoms with E-state index in [4.69, 9.17) is 32.7 Å². The molecule has 0 fully saturated rings. The molecule has 0 aliphatic heterocycles. The molecule has 2 heterocycles. The van der Waals surface area contributed by atoms with E-state index in [1.165, 1.54) is 16.2 Å². The first-order valence-electron chi connectivity index (χ1n) is 13.7. The lowest BCUT2D eigenvalue weighted by atomic mass is 10.1. The molecule has 3 aromatic rings. The minimum absolute atomic E-state index is 0.101. The maximum atomic E-state index is 13.1. The summed E-state index contributed by atoms with van der Waals surface area (Å²) in [5.74, 6) is -0.627. The molecule has 0 saturated carbocycles. The van der Waals surface area contributed by atoms with Gasteiger partial charge in [-0.2, -0.15) is 0 Å². The second kappa shape index (κ2) is 14.4. The third-order valence-electron chi connectivity index (χ3n) is 5.71. The number of nitrogens with one attached hydrogen (secondary N) is 1. The van der Waals surface area contributed by atoms with Crippen LogP contribution >= 0.6 is 34.5 Å². The molecule has 3 rings (SSSR count). The van der Waals surface area contributed by atoms with Gasteiger partial charge >= 0.3 is 12.1 Å². The fourth-order valence-corrected chi connectivity index (χ4v) is 5.28. The minimum Gasteiger partial charge on any atom is -0.458 e. The number of anilines is 1. The van der Waals surface area contributed by atoms with Crippen LogP contribution in [0.2, 0.25) is 10.0 Å². The van der Waals surface area contributed by atoms with Crippen molar-refractivity contribution in [1.29, 1.82) is 0 Å². The molecule has 0 bridgehead atoms. The van der Waals surface area contributed by atoms with E-state index >= 15 is 0 Å². The molecule has 1 aromatic carbocycles. The Kier molecular flexibility index (Phi) is 11.4. The lowest BCUT2D eigenvalue weighted by Crippen LogP contribution is -2.45. The number of hydrogen-bond donors (Lipinski definition) is 1. The average Bonchev–Trinajstić information content (AvgIpc) is 3.33. The first-order valence-corrected chi connectivity index (χ1v) is 15.3. The summed E-state index contributed by atoms with van der Waals surface area (Å²) in [6.07, 6.45) is 4.21. The van der Waals surface area contributed by atoms with Gasteiger partial charge in [-0.15, -0.1) is 11.3 Å². The largest absolute Gasteiger partial charge is 0.458 e. The molecular weight excluding hydrogens is 609 g/mol. The number of allylic oxidation sites excluding steroid dienone is 1. The third-order valence-corrected chi connectivity index (χ3v) is 7.31. The number of aromatic nitrogens is 1. The number of ether oxygens (including phenoxy) is 2. The first-order chi connectivity index (χ1) is 20.0. The highest BCUT2D eigenvalue weighted by Gasteiger charge is 2.29. The van der Waals surface area contributed by atoms with Gasteiger partial charge in [0.2, 0.25) is 0 Å². The number of halogens is 2. The fourth-order valence-electron chi connectivity index (χ4n) is 3.81. The molecule has 0 aliphatic rings. The van der Waals surface area contributed by atoms with Gasteiger partial charge in [0.25, 0.3) is 5.91 Å². The number of nitrogens with zero attached hydrogens (tertiary/aromatic N) is 2. The lowest BCUT2D eigenvalue weighted by Gasteiger charge is -2.24. The number of pyridine rings is 1. The normalized spacial score (nSPS) is 12.6. The van der Waals surface area contributed by atoms with Crippen molar-refractivity contribution < 1.29 is 23.9 Å². The smallest absolute Gasteiger partial charge is 0.415 e. The predicted molar refractivity (Wildman–Crippen MR) is 173 cm³/mol. The molecule has 8 nitrogen and oxygen atoms in total. The number of hydrogen-bond acceptors (Lipinski definition) is 7. The quantitative estimate of drug-likeness (QED) is 0.239. The van der Waals surface area contributed by atoms with Crippen molar-refractivity contribution >= 4 is 64.4 Å². The summed E-state index contributed by atoms with van der Waals surface area (Å²) < 4.78 is 11.0. The summed E-state index contributed by atoms with van der Waals surface area (Å²) in [6.45, 7) is 10.7. The molecule has 0 spiro atoms. The summed E-state index contributed by atoms with van der Waals surface area (Å²) in [4.78, 5) is 45.4. The van der Waals surface area contributed by atoms with Gasteiger partial charge in [-0.3, -0.25) is 9.69 Å². The van der Waals surface area contributed by atoms with Gasteiger partial charge < -0.3 is 14.8 Å². The van der Waals surface area contributed by atoms with Crippen molar-refractivity contribution in [3.63, 3.8) is 0 Å². The number of thiophene rings is 1. The van der Waals surface area contributed by atoms with E-state index in [0.717, 1.165) is 16.1 Å². The second-order valence-electron chi connectivity index (χ2n) is 11.8. The van der Waals surface area contributed by atoms with Gasteiger partial charge in [-0.25, -0.2) is 14.6 Å². The van der Waals surface area contributed by atoms with Gasteiger partial charge in [0.05, 0.1) is 15.6 Å². The number of rotatable bonds is 9. The number of carbonyl (C=O) groups is 3. The summed E-state index contributed by atoms with van der Waals surface area (Å²) in [7, 11) is 1.62. The van der Waals surface area contributed by atoms with Crippen LogP contribution in [0.4, 0.5) is 10.6 Å². The highest BCUT2D eigenvalue weighted by molar-refractivity contribution is 7.10. The minimum atomic E-state index is -0.955. The van der Waals surface area contributed by atoms with E-state index in [1.54, 1.807) is 52.1 Å². The monoisotopic (exact) mass is 645 g/mol. The zero-order valence-corrected chi connectivity index (χ0v) is 27.7. The van der Waals surface area contributed by atoms with Gasteiger partial charge in [0.15, 0.2) is 0 Å². The van der Waals surface area contributed by atoms with Crippen LogP contribution in [-0.4, -0.2) is 47.2 Å². The SMILES string of the molecule is CN(C(=O)OC(C)(C)C)c1cccc(CC=Cc2csc(C[C@H](NC(=O)c3c(Cl)cccc3Cl)C(=O)OC(C)(C)C)c2)n1. The van der Waals surface area contributed by atoms with Gasteiger partial charge in [-0.1, -0.05) is 47.5 Å². The zero-order valence-electron chi connectivity index (χ0n) is 25.4. The number of amides is 2. The van der Waals surface area contributed by atoms with E-state index < -0.39 is 35.2 Å². The molecule has 2 amide bonds. The van der Waals surface area contributed by atoms with Crippen LogP contribution in [0.25, 0.3) is 6.08 Å². The van der Waals surface area contributed by atoms with Gasteiger partial charge in [-0.05, 0) is 82.8 Å². The van der Waals surface area contributed by atoms with Gasteiger partial charge in [0, 0.05) is 30.5 Å². The van der Waals surface area contributed by atoms with Crippen molar-refractivity contribution in [2.75, 3.05) is 11.9 Å². The van der Waals surface area contributed by atoms with Crippen LogP contribution in [0.1, 0.15) is 68.0 Å². The van der Waals surface area contributed by atoms with Gasteiger partial charge in [0.1, 0.15) is 23.1 Å². The Balaban J connectivity index is 1.70. The highest BCUT2D eigenvalue weighted by Crippen LogP contribution is 2.25. The van der Waals surface area contributed by atoms with Crippen LogP contribution < -0.4 is 10.2 Å². The standard InChI is InChI=1S/C32H37Cl2N3O5S/c1-31(2,3)41-29(39)25(36-28(38)27-23(33)14-10-15-24(27)34)18-22-17-20(19-43-22)11-8-12-21-13-9-16-26(35-21)37(7)30(40)42-32(4,5)6/h8-11,13-17,19,25H,12,18H2,1-7H3,(H,36,38)/t25-/m0/s1. The van der Waals surface area contributed by atoms with Crippen LogP contribution in [0, 0.1) is 0 Å². The van der Waals surface area contributed by atoms with E-state index in [9.17, 15) is 14.4 Å². The molecule has 0 saturated heterocycles. The summed E-state index contributed by atoms with van der Waals surface area (Å²) >= 11 is 13.9. The number of benzene rings is 1. The molecule has 11 heteroatoms. The molecule has 1 N–H and O–H groups in total. The fraction of sp³-hybridized carbons (Fsp3) is 0.375. The molecule has 43 heavy (non-hydrogen) atoms. The van der Waals surface area contributed by atoms with E-state index in [1.807, 2.05) is 56.5 Å².